The summed E-state index contributed by atoms with van der Waals surface area (Å²) in [6, 6.07) is 30.5. The molecule has 2 heterocycles. The summed E-state index contributed by atoms with van der Waals surface area (Å²) in [5.41, 5.74) is 2.49. The van der Waals surface area contributed by atoms with Crippen LogP contribution in [0.4, 0.5) is 5.13 Å². The van der Waals surface area contributed by atoms with Crippen molar-refractivity contribution in [1.29, 1.82) is 0 Å². The van der Waals surface area contributed by atoms with Crippen LogP contribution in [0.3, 0.4) is 0 Å². The number of rotatable bonds is 10. The molecule has 1 saturated heterocycles. The first-order valence-corrected chi connectivity index (χ1v) is 13.6. The number of nitrogens with one attached hydrogen (secondary N) is 2. The van der Waals surface area contributed by atoms with Crippen LogP contribution in [-0.4, -0.2) is 41.8 Å². The normalized spacial score (nSPS) is 15.5. The van der Waals surface area contributed by atoms with Crippen LogP contribution >= 0.6 is 11.3 Å². The Morgan fingerprint density at radius 3 is 2.05 bits per heavy atom. The first-order chi connectivity index (χ1) is 19.1. The lowest BCUT2D eigenvalue weighted by Crippen LogP contribution is -2.38. The third-order valence-electron chi connectivity index (χ3n) is 6.40. The number of esters is 1. The van der Waals surface area contributed by atoms with Crippen molar-refractivity contribution >= 4 is 34.1 Å². The summed E-state index contributed by atoms with van der Waals surface area (Å²) < 4.78 is 5.21. The van der Waals surface area contributed by atoms with Crippen LogP contribution in [-0.2, 0) is 24.7 Å². The zero-order valence-corrected chi connectivity index (χ0v) is 22.2. The second-order valence-corrected chi connectivity index (χ2v) is 9.70. The van der Waals surface area contributed by atoms with E-state index in [0.717, 1.165) is 16.7 Å². The zero-order valence-electron chi connectivity index (χ0n) is 21.4. The van der Waals surface area contributed by atoms with E-state index in [-0.39, 0.29) is 18.2 Å². The molecule has 0 saturated carbocycles. The number of ether oxygens (including phenoxy) is 1. The van der Waals surface area contributed by atoms with Crippen LogP contribution in [0.1, 0.15) is 35.7 Å². The highest BCUT2D eigenvalue weighted by atomic mass is 32.1. The van der Waals surface area contributed by atoms with Crippen molar-refractivity contribution in [2.24, 2.45) is 5.16 Å². The lowest BCUT2D eigenvalue weighted by Gasteiger charge is -2.36. The van der Waals surface area contributed by atoms with Crippen molar-refractivity contribution in [3.63, 3.8) is 0 Å². The van der Waals surface area contributed by atoms with Gasteiger partial charge in [0, 0.05) is 18.3 Å². The first-order valence-electron chi connectivity index (χ1n) is 12.7. The lowest BCUT2D eigenvalue weighted by molar-refractivity contribution is -0.136. The zero-order chi connectivity index (χ0) is 27.1. The largest absolute Gasteiger partial charge is 0.461 e. The van der Waals surface area contributed by atoms with Crippen molar-refractivity contribution in [2.75, 3.05) is 18.5 Å². The minimum atomic E-state index is -0.779. The van der Waals surface area contributed by atoms with Gasteiger partial charge in [0.15, 0.2) is 5.13 Å². The smallest absolute Gasteiger partial charge is 0.362 e. The molecule has 1 aromatic heterocycles. The number of nitrogens with zero attached hydrogens (tertiary/aromatic N) is 2. The molecule has 5 rings (SSSR count). The van der Waals surface area contributed by atoms with Crippen LogP contribution in [0, 0.1) is 0 Å². The van der Waals surface area contributed by atoms with Gasteiger partial charge in [0.05, 0.1) is 6.61 Å². The number of hydrogen-bond donors (Lipinski definition) is 2. The van der Waals surface area contributed by atoms with Gasteiger partial charge in [-0.3, -0.25) is 4.79 Å². The van der Waals surface area contributed by atoms with Gasteiger partial charge in [0.2, 0.25) is 11.8 Å². The molecule has 39 heavy (non-hydrogen) atoms. The van der Waals surface area contributed by atoms with E-state index in [1.807, 2.05) is 54.6 Å². The Balaban J connectivity index is 1.57. The van der Waals surface area contributed by atoms with Gasteiger partial charge in [0.1, 0.15) is 11.2 Å². The Hall–Kier alpha value is -4.50. The summed E-state index contributed by atoms with van der Waals surface area (Å²) in [6.45, 7) is 2.37. The standard InChI is InChI=1S/C30H28N4O4S/c1-2-37-28(36)26(34-38-25-18-19-31-27(25)35)24-20-39-29(32-24)33-30(21-12-6-3-7-13-21,22-14-8-4-9-15-22)23-16-10-5-11-17-23/h3-17,20,25H,2,18-19H2,1H3,(H,31,35)(H,32,33)/b34-26-. The molecule has 8 nitrogen and oxygen atoms in total. The fourth-order valence-corrected chi connectivity index (χ4v) is 5.31. The number of thiazole rings is 1. The summed E-state index contributed by atoms with van der Waals surface area (Å²) in [7, 11) is 0. The molecular weight excluding hydrogens is 512 g/mol. The molecule has 1 atom stereocenters. The van der Waals surface area contributed by atoms with Crippen molar-refractivity contribution < 1.29 is 19.2 Å². The molecule has 1 fully saturated rings. The van der Waals surface area contributed by atoms with E-state index in [4.69, 9.17) is 14.6 Å². The van der Waals surface area contributed by atoms with E-state index in [9.17, 15) is 9.59 Å². The van der Waals surface area contributed by atoms with E-state index in [0.29, 0.717) is 23.8 Å². The Bertz CT molecular complexity index is 1340. The van der Waals surface area contributed by atoms with Gasteiger partial charge >= 0.3 is 5.97 Å². The summed E-state index contributed by atoms with van der Waals surface area (Å²) in [4.78, 5) is 34.9. The van der Waals surface area contributed by atoms with Crippen LogP contribution in [0.2, 0.25) is 0 Å². The molecule has 9 heteroatoms. The fourth-order valence-electron chi connectivity index (χ4n) is 4.56. The van der Waals surface area contributed by atoms with E-state index in [2.05, 4.69) is 52.2 Å². The summed E-state index contributed by atoms with van der Waals surface area (Å²) >= 11 is 1.34. The van der Waals surface area contributed by atoms with E-state index in [1.165, 1.54) is 11.3 Å². The summed E-state index contributed by atoms with van der Waals surface area (Å²) in [6.07, 6.45) is -0.289. The molecule has 0 aliphatic carbocycles. The predicted molar refractivity (Wildman–Crippen MR) is 151 cm³/mol. The number of benzene rings is 3. The SMILES string of the molecule is CCOC(=O)/C(=N\OC1CCNC1=O)c1csc(NC(c2ccccc2)(c2ccccc2)c2ccccc2)n1. The molecule has 1 amide bonds. The summed E-state index contributed by atoms with van der Waals surface area (Å²) in [5.74, 6) is -0.936. The molecule has 198 valence electrons. The van der Waals surface area contributed by atoms with Crippen molar-refractivity contribution in [2.45, 2.75) is 25.0 Å². The van der Waals surface area contributed by atoms with Gasteiger partial charge in [-0.2, -0.15) is 0 Å². The predicted octanol–water partition coefficient (Wildman–Crippen LogP) is 4.72. The average molecular weight is 541 g/mol. The minimum absolute atomic E-state index is 0.0921. The Morgan fingerprint density at radius 2 is 1.56 bits per heavy atom. The van der Waals surface area contributed by atoms with Crippen LogP contribution in [0.5, 0.6) is 0 Å². The molecule has 0 bridgehead atoms. The maximum Gasteiger partial charge on any atom is 0.362 e. The van der Waals surface area contributed by atoms with Gasteiger partial charge in [0.25, 0.3) is 5.91 Å². The van der Waals surface area contributed by atoms with Crippen molar-refractivity contribution in [3.05, 3.63) is 119 Å². The number of oxime groups is 1. The van der Waals surface area contributed by atoms with Crippen LogP contribution < -0.4 is 10.6 Å². The van der Waals surface area contributed by atoms with Gasteiger partial charge in [-0.05, 0) is 23.6 Å². The average Bonchev–Trinajstić information content (AvgIpc) is 3.62. The number of anilines is 1. The summed E-state index contributed by atoms with van der Waals surface area (Å²) in [5, 5.41) is 12.7. The molecule has 4 aromatic rings. The second kappa shape index (κ2) is 11.9. The second-order valence-electron chi connectivity index (χ2n) is 8.85. The quantitative estimate of drug-likeness (QED) is 0.131. The van der Waals surface area contributed by atoms with E-state index < -0.39 is 17.6 Å². The third kappa shape index (κ3) is 5.53. The Labute approximate surface area is 230 Å². The molecule has 3 aromatic carbocycles. The monoisotopic (exact) mass is 540 g/mol. The van der Waals surface area contributed by atoms with Crippen LogP contribution in [0.25, 0.3) is 0 Å². The van der Waals surface area contributed by atoms with Crippen molar-refractivity contribution in [3.8, 4) is 0 Å². The highest BCUT2D eigenvalue weighted by Crippen LogP contribution is 2.40. The lowest BCUT2D eigenvalue weighted by atomic mass is 9.77. The van der Waals surface area contributed by atoms with Crippen LogP contribution in [0.15, 0.2) is 102 Å². The van der Waals surface area contributed by atoms with Gasteiger partial charge in [-0.15, -0.1) is 11.3 Å². The highest BCUT2D eigenvalue weighted by Gasteiger charge is 2.37. The highest BCUT2D eigenvalue weighted by molar-refractivity contribution is 7.14. The molecular formula is C30H28N4O4S. The maximum absolute atomic E-state index is 12.8. The topological polar surface area (TPSA) is 102 Å². The number of aromatic nitrogens is 1. The molecule has 1 unspecified atom stereocenters. The van der Waals surface area contributed by atoms with Gasteiger partial charge in [-0.1, -0.05) is 96.2 Å². The number of carbonyl (C=O) groups excluding carboxylic acids is 2. The maximum atomic E-state index is 12.8. The fraction of sp³-hybridized carbons (Fsp3) is 0.200. The molecule has 0 spiro atoms. The third-order valence-corrected chi connectivity index (χ3v) is 7.16. The van der Waals surface area contributed by atoms with Gasteiger partial charge in [-0.25, -0.2) is 9.78 Å². The van der Waals surface area contributed by atoms with Crippen molar-refractivity contribution in [1.82, 2.24) is 10.3 Å². The Morgan fingerprint density at radius 1 is 1.00 bits per heavy atom. The van der Waals surface area contributed by atoms with Gasteiger partial charge < -0.3 is 20.2 Å². The number of hydrogen-bond acceptors (Lipinski definition) is 8. The van der Waals surface area contributed by atoms with E-state index in [1.54, 1.807) is 12.3 Å². The number of carbonyl (C=O) groups is 2. The number of amides is 1. The molecule has 0 radical (unpaired) electrons. The molecule has 1 aliphatic heterocycles. The first kappa shape index (κ1) is 26.1. The molecule has 1 aliphatic rings. The minimum Gasteiger partial charge on any atom is -0.461 e. The Kier molecular flexibility index (Phi) is 7.98. The van der Waals surface area contributed by atoms with E-state index >= 15 is 0 Å². The molecule has 2 N–H and O–H groups in total.